The molecule has 132 valence electrons. The van der Waals surface area contributed by atoms with Crippen molar-refractivity contribution in [1.82, 2.24) is 0 Å². The van der Waals surface area contributed by atoms with Gasteiger partial charge < -0.3 is 14.1 Å². The second kappa shape index (κ2) is 7.83. The Morgan fingerprint density at radius 2 is 2.00 bits per heavy atom. The SMILES string of the molecule is CC1CC1CCOc1cc(C(=O)O)cc(N(C)Sc2ccccc2)c1. The molecule has 0 aliphatic heterocycles. The normalized spacial score (nSPS) is 18.6. The van der Waals surface area contributed by atoms with Gasteiger partial charge in [0.2, 0.25) is 0 Å². The molecule has 5 heteroatoms. The second-order valence-electron chi connectivity index (χ2n) is 6.53. The maximum atomic E-state index is 11.4. The predicted octanol–water partition coefficient (Wildman–Crippen LogP) is 4.95. The van der Waals surface area contributed by atoms with Crippen LogP contribution in [0.2, 0.25) is 0 Å². The number of ether oxygens (including phenoxy) is 1. The summed E-state index contributed by atoms with van der Waals surface area (Å²) in [7, 11) is 1.92. The number of carbonyl (C=O) groups is 1. The van der Waals surface area contributed by atoms with Crippen LogP contribution in [0.1, 0.15) is 30.1 Å². The minimum absolute atomic E-state index is 0.243. The average molecular weight is 357 g/mol. The number of rotatable bonds is 8. The Bertz CT molecular complexity index is 735. The summed E-state index contributed by atoms with van der Waals surface area (Å²) in [6, 6.07) is 15.2. The number of nitrogens with zero attached hydrogens (tertiary/aromatic N) is 1. The van der Waals surface area contributed by atoms with Gasteiger partial charge in [0.1, 0.15) is 5.75 Å². The highest BCUT2D eigenvalue weighted by molar-refractivity contribution is 8.00. The number of aromatic carboxylic acids is 1. The van der Waals surface area contributed by atoms with Gasteiger partial charge in [-0.05, 0) is 60.9 Å². The third-order valence-electron chi connectivity index (χ3n) is 4.52. The Hall–Kier alpha value is -2.14. The van der Waals surface area contributed by atoms with E-state index in [1.807, 2.05) is 47.8 Å². The minimum atomic E-state index is -0.944. The zero-order valence-corrected chi connectivity index (χ0v) is 15.3. The highest BCUT2D eigenvalue weighted by Crippen LogP contribution is 2.40. The van der Waals surface area contributed by atoms with Gasteiger partial charge in [-0.15, -0.1) is 0 Å². The molecule has 0 spiro atoms. The van der Waals surface area contributed by atoms with E-state index in [2.05, 4.69) is 6.92 Å². The molecule has 0 aromatic heterocycles. The van der Waals surface area contributed by atoms with Crippen LogP contribution >= 0.6 is 11.9 Å². The zero-order chi connectivity index (χ0) is 17.8. The summed E-state index contributed by atoms with van der Waals surface area (Å²) in [6.07, 6.45) is 2.31. The Morgan fingerprint density at radius 1 is 1.28 bits per heavy atom. The maximum absolute atomic E-state index is 11.4. The molecule has 4 nitrogen and oxygen atoms in total. The van der Waals surface area contributed by atoms with E-state index < -0.39 is 5.97 Å². The number of carboxylic acid groups (broad SMARTS) is 1. The number of hydrogen-bond donors (Lipinski definition) is 1. The Kier molecular flexibility index (Phi) is 5.53. The Balaban J connectivity index is 1.71. The van der Waals surface area contributed by atoms with Crippen molar-refractivity contribution in [2.75, 3.05) is 18.0 Å². The van der Waals surface area contributed by atoms with Gasteiger partial charge in [0, 0.05) is 18.0 Å². The molecule has 2 unspecified atom stereocenters. The van der Waals surface area contributed by atoms with Crippen molar-refractivity contribution in [3.8, 4) is 5.75 Å². The van der Waals surface area contributed by atoms with Crippen LogP contribution in [-0.4, -0.2) is 24.7 Å². The highest BCUT2D eigenvalue weighted by atomic mass is 32.2. The van der Waals surface area contributed by atoms with Gasteiger partial charge in [-0.1, -0.05) is 25.1 Å². The van der Waals surface area contributed by atoms with E-state index in [1.165, 1.54) is 6.42 Å². The zero-order valence-electron chi connectivity index (χ0n) is 14.5. The first-order valence-corrected chi connectivity index (χ1v) is 9.28. The minimum Gasteiger partial charge on any atom is -0.493 e. The fraction of sp³-hybridized carbons (Fsp3) is 0.350. The standard InChI is InChI=1S/C20H23NO3S/c1-14-10-15(14)8-9-24-18-12-16(20(22)23)11-17(13-18)21(2)25-19-6-4-3-5-7-19/h3-7,11-15H,8-10H2,1-2H3,(H,22,23). The van der Waals surface area contributed by atoms with Crippen LogP contribution in [0, 0.1) is 11.8 Å². The summed E-state index contributed by atoms with van der Waals surface area (Å²) in [4.78, 5) is 12.5. The van der Waals surface area contributed by atoms with Gasteiger partial charge in [-0.25, -0.2) is 4.79 Å². The van der Waals surface area contributed by atoms with Crippen molar-refractivity contribution in [3.63, 3.8) is 0 Å². The predicted molar refractivity (Wildman–Crippen MR) is 101 cm³/mol. The molecule has 3 rings (SSSR count). The molecular weight excluding hydrogens is 334 g/mol. The quantitative estimate of drug-likeness (QED) is 0.677. The van der Waals surface area contributed by atoms with Crippen LogP contribution in [0.15, 0.2) is 53.4 Å². The van der Waals surface area contributed by atoms with Gasteiger partial charge >= 0.3 is 5.97 Å². The second-order valence-corrected chi connectivity index (χ2v) is 7.73. The Labute approximate surface area is 152 Å². The van der Waals surface area contributed by atoms with Crippen LogP contribution in [0.5, 0.6) is 5.75 Å². The molecule has 1 aliphatic carbocycles. The van der Waals surface area contributed by atoms with Crippen molar-refractivity contribution in [2.45, 2.75) is 24.7 Å². The van der Waals surface area contributed by atoms with Gasteiger partial charge in [0.05, 0.1) is 17.9 Å². The van der Waals surface area contributed by atoms with E-state index in [1.54, 1.807) is 24.1 Å². The summed E-state index contributed by atoms with van der Waals surface area (Å²) >= 11 is 1.55. The number of carboxylic acids is 1. The molecule has 0 radical (unpaired) electrons. The van der Waals surface area contributed by atoms with Crippen LogP contribution in [0.25, 0.3) is 0 Å². The van der Waals surface area contributed by atoms with Crippen molar-refractivity contribution in [2.24, 2.45) is 11.8 Å². The maximum Gasteiger partial charge on any atom is 0.335 e. The lowest BCUT2D eigenvalue weighted by molar-refractivity contribution is 0.0696. The summed E-state index contributed by atoms with van der Waals surface area (Å²) in [5.41, 5.74) is 1.05. The van der Waals surface area contributed by atoms with Crippen LogP contribution in [-0.2, 0) is 0 Å². The Morgan fingerprint density at radius 3 is 2.64 bits per heavy atom. The lowest BCUT2D eigenvalue weighted by atomic mass is 10.2. The largest absolute Gasteiger partial charge is 0.493 e. The van der Waals surface area contributed by atoms with E-state index in [0.717, 1.165) is 28.8 Å². The fourth-order valence-corrected chi connectivity index (χ4v) is 3.60. The monoisotopic (exact) mass is 357 g/mol. The van der Waals surface area contributed by atoms with Crippen LogP contribution < -0.4 is 9.04 Å². The lowest BCUT2D eigenvalue weighted by Crippen LogP contribution is -2.09. The summed E-state index contributed by atoms with van der Waals surface area (Å²) < 4.78 is 7.79. The lowest BCUT2D eigenvalue weighted by Gasteiger charge is -2.19. The molecule has 1 N–H and O–H groups in total. The summed E-state index contributed by atoms with van der Waals surface area (Å²) in [5, 5.41) is 9.38. The summed E-state index contributed by atoms with van der Waals surface area (Å²) in [5.74, 6) is 1.24. The van der Waals surface area contributed by atoms with E-state index in [0.29, 0.717) is 12.4 Å². The number of hydrogen-bond acceptors (Lipinski definition) is 4. The van der Waals surface area contributed by atoms with Gasteiger partial charge in [0.25, 0.3) is 0 Å². The summed E-state index contributed by atoms with van der Waals surface area (Å²) in [6.45, 7) is 2.89. The van der Waals surface area contributed by atoms with E-state index in [9.17, 15) is 9.90 Å². The molecule has 1 aliphatic rings. The molecular formula is C20H23NO3S. The molecule has 2 aromatic rings. The van der Waals surface area contributed by atoms with E-state index >= 15 is 0 Å². The van der Waals surface area contributed by atoms with Crippen molar-refractivity contribution in [3.05, 3.63) is 54.1 Å². The number of anilines is 1. The smallest absolute Gasteiger partial charge is 0.335 e. The molecule has 25 heavy (non-hydrogen) atoms. The molecule has 1 saturated carbocycles. The molecule has 0 amide bonds. The van der Waals surface area contributed by atoms with Crippen molar-refractivity contribution < 1.29 is 14.6 Å². The highest BCUT2D eigenvalue weighted by Gasteiger charge is 2.31. The van der Waals surface area contributed by atoms with E-state index in [-0.39, 0.29) is 5.56 Å². The molecule has 2 atom stereocenters. The van der Waals surface area contributed by atoms with Crippen LogP contribution in [0.4, 0.5) is 5.69 Å². The molecule has 0 bridgehead atoms. The van der Waals surface area contributed by atoms with Gasteiger partial charge in [-0.3, -0.25) is 0 Å². The topological polar surface area (TPSA) is 49.8 Å². The van der Waals surface area contributed by atoms with Crippen LogP contribution in [0.3, 0.4) is 0 Å². The first kappa shape index (κ1) is 17.7. The molecule has 0 saturated heterocycles. The third-order valence-corrected chi connectivity index (χ3v) is 5.49. The van der Waals surface area contributed by atoms with Crippen molar-refractivity contribution in [1.29, 1.82) is 0 Å². The fourth-order valence-electron chi connectivity index (χ4n) is 2.79. The first-order chi connectivity index (χ1) is 12.0. The average Bonchev–Trinajstić information content (AvgIpc) is 3.30. The molecule has 2 aromatic carbocycles. The number of benzene rings is 2. The van der Waals surface area contributed by atoms with E-state index in [4.69, 9.17) is 4.74 Å². The molecule has 1 fully saturated rings. The molecule has 0 heterocycles. The third kappa shape index (κ3) is 4.92. The van der Waals surface area contributed by atoms with Crippen molar-refractivity contribution >= 4 is 23.6 Å². The van der Waals surface area contributed by atoms with Gasteiger partial charge in [-0.2, -0.15) is 0 Å². The first-order valence-electron chi connectivity index (χ1n) is 8.51. The van der Waals surface area contributed by atoms with Gasteiger partial charge in [0.15, 0.2) is 0 Å².